The molecule has 2 unspecified atom stereocenters. The van der Waals surface area contributed by atoms with Crippen molar-refractivity contribution in [2.45, 2.75) is 25.7 Å². The number of nitrogens with one attached hydrogen (secondary N) is 1. The lowest BCUT2D eigenvalue weighted by Gasteiger charge is -2.25. The molecular formula is C16H20FNO4. The van der Waals surface area contributed by atoms with E-state index in [-0.39, 0.29) is 18.4 Å². The highest BCUT2D eigenvalue weighted by atomic mass is 19.1. The van der Waals surface area contributed by atoms with E-state index in [0.717, 1.165) is 6.42 Å². The molecule has 2 rings (SSSR count). The van der Waals surface area contributed by atoms with Gasteiger partial charge in [0.2, 0.25) is 5.91 Å². The van der Waals surface area contributed by atoms with E-state index >= 15 is 0 Å². The molecule has 2 N–H and O–H groups in total. The Hall–Kier alpha value is -2.11. The number of anilines is 1. The molecule has 0 radical (unpaired) electrons. The summed E-state index contributed by atoms with van der Waals surface area (Å²) in [5, 5.41) is 11.8. The number of carbonyl (C=O) groups is 2. The third-order valence-electron chi connectivity index (χ3n) is 3.84. The Labute approximate surface area is 128 Å². The number of benzene rings is 1. The first kappa shape index (κ1) is 16.3. The van der Waals surface area contributed by atoms with Crippen molar-refractivity contribution in [3.8, 4) is 5.75 Å². The van der Waals surface area contributed by atoms with Crippen LogP contribution < -0.4 is 10.1 Å². The number of alkyl halides is 1. The molecule has 1 aromatic rings. The van der Waals surface area contributed by atoms with E-state index in [1.165, 1.54) is 0 Å². The van der Waals surface area contributed by atoms with Crippen molar-refractivity contribution < 1.29 is 23.8 Å². The van der Waals surface area contributed by atoms with Crippen molar-refractivity contribution in [3.63, 3.8) is 0 Å². The normalized spacial score (nSPS) is 21.1. The Kier molecular flexibility index (Phi) is 5.75. The predicted molar refractivity (Wildman–Crippen MR) is 79.6 cm³/mol. The molecule has 0 aliphatic heterocycles. The van der Waals surface area contributed by atoms with Crippen LogP contribution in [0.25, 0.3) is 0 Å². The van der Waals surface area contributed by atoms with Crippen LogP contribution in [0.1, 0.15) is 25.7 Å². The molecule has 120 valence electrons. The minimum atomic E-state index is -0.834. The summed E-state index contributed by atoms with van der Waals surface area (Å²) in [6.45, 7) is -0.602. The van der Waals surface area contributed by atoms with Crippen molar-refractivity contribution in [2.24, 2.45) is 11.8 Å². The third kappa shape index (κ3) is 4.44. The largest absolute Gasteiger partial charge is 0.491 e. The summed E-state index contributed by atoms with van der Waals surface area (Å²) in [7, 11) is 0. The number of rotatable bonds is 6. The third-order valence-corrected chi connectivity index (χ3v) is 3.84. The van der Waals surface area contributed by atoms with Crippen LogP contribution in [0.3, 0.4) is 0 Å². The molecule has 1 fully saturated rings. The topological polar surface area (TPSA) is 75.6 Å². The fourth-order valence-corrected chi connectivity index (χ4v) is 2.72. The number of hydrogen-bond acceptors (Lipinski definition) is 3. The van der Waals surface area contributed by atoms with Gasteiger partial charge in [0.05, 0.1) is 5.92 Å². The molecule has 2 atom stereocenters. The molecule has 1 aliphatic carbocycles. The molecule has 0 bridgehead atoms. The van der Waals surface area contributed by atoms with Crippen LogP contribution in [-0.4, -0.2) is 30.3 Å². The molecule has 0 spiro atoms. The van der Waals surface area contributed by atoms with Gasteiger partial charge in [0, 0.05) is 17.7 Å². The number of amides is 1. The molecule has 0 heterocycles. The second kappa shape index (κ2) is 7.77. The van der Waals surface area contributed by atoms with Crippen LogP contribution in [-0.2, 0) is 9.59 Å². The summed E-state index contributed by atoms with van der Waals surface area (Å²) in [6.07, 6.45) is 2.45. The first-order valence-corrected chi connectivity index (χ1v) is 7.42. The Morgan fingerprint density at radius 1 is 1.32 bits per heavy atom. The summed E-state index contributed by atoms with van der Waals surface area (Å²) >= 11 is 0. The number of aliphatic carboxylic acids is 1. The van der Waals surface area contributed by atoms with Crippen molar-refractivity contribution in [2.75, 3.05) is 18.6 Å². The van der Waals surface area contributed by atoms with Crippen LogP contribution in [0.15, 0.2) is 24.3 Å². The fraction of sp³-hybridized carbons (Fsp3) is 0.500. The lowest BCUT2D eigenvalue weighted by atomic mass is 9.81. The van der Waals surface area contributed by atoms with Gasteiger partial charge >= 0.3 is 5.97 Å². The van der Waals surface area contributed by atoms with E-state index in [1.807, 2.05) is 0 Å². The maximum Gasteiger partial charge on any atom is 0.306 e. The Morgan fingerprint density at radius 2 is 2.09 bits per heavy atom. The molecule has 5 nitrogen and oxygen atoms in total. The highest BCUT2D eigenvalue weighted by Gasteiger charge is 2.31. The van der Waals surface area contributed by atoms with Crippen LogP contribution in [0.5, 0.6) is 5.75 Å². The minimum absolute atomic E-state index is 0.0275. The van der Waals surface area contributed by atoms with Gasteiger partial charge in [-0.2, -0.15) is 0 Å². The van der Waals surface area contributed by atoms with Crippen molar-refractivity contribution in [3.05, 3.63) is 24.3 Å². The fourth-order valence-electron chi connectivity index (χ4n) is 2.72. The van der Waals surface area contributed by atoms with Crippen molar-refractivity contribution in [1.29, 1.82) is 0 Å². The molecule has 0 saturated heterocycles. The van der Waals surface area contributed by atoms with Gasteiger partial charge < -0.3 is 15.2 Å². The van der Waals surface area contributed by atoms with Gasteiger partial charge in [-0.25, -0.2) is 4.39 Å². The van der Waals surface area contributed by atoms with Gasteiger partial charge in [0.1, 0.15) is 19.0 Å². The average Bonchev–Trinajstić information content (AvgIpc) is 2.53. The van der Waals surface area contributed by atoms with Crippen molar-refractivity contribution >= 4 is 17.6 Å². The number of ether oxygens (including phenoxy) is 1. The first-order valence-electron chi connectivity index (χ1n) is 7.42. The maximum atomic E-state index is 12.3. The minimum Gasteiger partial charge on any atom is -0.491 e. The number of carboxylic acids is 1. The van der Waals surface area contributed by atoms with E-state index in [0.29, 0.717) is 30.7 Å². The van der Waals surface area contributed by atoms with Crippen molar-refractivity contribution in [1.82, 2.24) is 0 Å². The number of halogens is 1. The van der Waals surface area contributed by atoms with E-state index in [2.05, 4.69) is 5.32 Å². The van der Waals surface area contributed by atoms with E-state index in [9.17, 15) is 14.0 Å². The molecule has 1 aromatic carbocycles. The standard InChI is InChI=1S/C16H20FNO4/c17-7-8-22-14-6-2-5-13(10-14)18-15(19)11-3-1-4-12(9-11)16(20)21/h2,5-6,10-12H,1,3-4,7-9H2,(H,18,19)(H,20,21). The molecular weight excluding hydrogens is 289 g/mol. The number of carbonyl (C=O) groups excluding carboxylic acids is 1. The number of carboxylic acid groups (broad SMARTS) is 1. The lowest BCUT2D eigenvalue weighted by molar-refractivity contribution is -0.143. The van der Waals surface area contributed by atoms with Gasteiger partial charge in [-0.15, -0.1) is 0 Å². The van der Waals surface area contributed by atoms with Crippen LogP contribution >= 0.6 is 0 Å². The SMILES string of the molecule is O=C(O)C1CCCC(C(=O)Nc2cccc(OCCF)c2)C1. The zero-order valence-corrected chi connectivity index (χ0v) is 12.3. The maximum absolute atomic E-state index is 12.3. The monoisotopic (exact) mass is 309 g/mol. The Morgan fingerprint density at radius 3 is 2.82 bits per heavy atom. The van der Waals surface area contributed by atoms with E-state index in [1.54, 1.807) is 24.3 Å². The van der Waals surface area contributed by atoms with Gasteiger partial charge in [-0.05, 0) is 31.4 Å². The smallest absolute Gasteiger partial charge is 0.306 e. The molecule has 22 heavy (non-hydrogen) atoms. The van der Waals surface area contributed by atoms with E-state index < -0.39 is 18.6 Å². The summed E-state index contributed by atoms with van der Waals surface area (Å²) in [4.78, 5) is 23.3. The summed E-state index contributed by atoms with van der Waals surface area (Å²) in [5.74, 6) is -1.25. The zero-order valence-electron chi connectivity index (χ0n) is 12.3. The van der Waals surface area contributed by atoms with E-state index in [4.69, 9.17) is 9.84 Å². The van der Waals surface area contributed by atoms with Gasteiger partial charge in [0.15, 0.2) is 0 Å². The lowest BCUT2D eigenvalue weighted by Crippen LogP contribution is -2.30. The van der Waals surface area contributed by atoms with Crippen LogP contribution in [0, 0.1) is 11.8 Å². The van der Waals surface area contributed by atoms with Gasteiger partial charge in [-0.1, -0.05) is 12.5 Å². The molecule has 1 aliphatic rings. The number of hydrogen-bond donors (Lipinski definition) is 2. The van der Waals surface area contributed by atoms with Gasteiger partial charge in [0.25, 0.3) is 0 Å². The molecule has 1 amide bonds. The summed E-state index contributed by atoms with van der Waals surface area (Å²) in [5.41, 5.74) is 0.568. The highest BCUT2D eigenvalue weighted by molar-refractivity contribution is 5.93. The Balaban J connectivity index is 1.95. The summed E-state index contributed by atoms with van der Waals surface area (Å²) < 4.78 is 17.3. The molecule has 0 aromatic heterocycles. The second-order valence-corrected chi connectivity index (χ2v) is 5.45. The zero-order chi connectivity index (χ0) is 15.9. The van der Waals surface area contributed by atoms with Gasteiger partial charge in [-0.3, -0.25) is 9.59 Å². The molecule has 6 heteroatoms. The Bertz CT molecular complexity index is 535. The molecule has 1 saturated carbocycles. The summed E-state index contributed by atoms with van der Waals surface area (Å²) in [6, 6.07) is 6.75. The van der Waals surface area contributed by atoms with Crippen LogP contribution in [0.2, 0.25) is 0 Å². The highest BCUT2D eigenvalue weighted by Crippen LogP contribution is 2.30. The predicted octanol–water partition coefficient (Wildman–Crippen LogP) is 2.86. The van der Waals surface area contributed by atoms with Crippen LogP contribution in [0.4, 0.5) is 10.1 Å². The first-order chi connectivity index (χ1) is 10.6. The second-order valence-electron chi connectivity index (χ2n) is 5.45. The average molecular weight is 309 g/mol. The quantitative estimate of drug-likeness (QED) is 0.847.